The predicted molar refractivity (Wildman–Crippen MR) is 125 cm³/mol. The summed E-state index contributed by atoms with van der Waals surface area (Å²) in [5.41, 5.74) is 1.81. The van der Waals surface area contributed by atoms with Gasteiger partial charge in [-0.1, -0.05) is 31.6 Å². The summed E-state index contributed by atoms with van der Waals surface area (Å²) in [7, 11) is 0. The average molecular weight is 455 g/mol. The fourth-order valence-corrected chi connectivity index (χ4v) is 8.81. The van der Waals surface area contributed by atoms with Crippen molar-refractivity contribution in [2.75, 3.05) is 6.61 Å². The van der Waals surface area contributed by atoms with E-state index in [2.05, 4.69) is 20.8 Å². The van der Waals surface area contributed by atoms with Gasteiger partial charge in [0.25, 0.3) is 0 Å². The molecule has 0 saturated heterocycles. The number of aliphatic hydroxyl groups excluding tert-OH is 2. The first-order chi connectivity index (χ1) is 15.6. The molecular weight excluding hydrogens is 416 g/mol. The minimum absolute atomic E-state index is 0.118. The third-order valence-corrected chi connectivity index (χ3v) is 10.6. The molecule has 1 heterocycles. The highest BCUT2D eigenvalue weighted by Crippen LogP contribution is 2.67. The van der Waals surface area contributed by atoms with E-state index in [9.17, 15) is 19.8 Å². The van der Waals surface area contributed by atoms with Crippen LogP contribution in [0.2, 0.25) is 0 Å². The van der Waals surface area contributed by atoms with Crippen LogP contribution in [0, 0.1) is 40.4 Å². The van der Waals surface area contributed by atoms with E-state index in [0.717, 1.165) is 43.3 Å². The number of fused-ring (bicyclic) bond motifs is 5. The maximum atomic E-state index is 13.1. The van der Waals surface area contributed by atoms with Crippen molar-refractivity contribution < 1.29 is 24.5 Å². The van der Waals surface area contributed by atoms with Gasteiger partial charge in [0.05, 0.1) is 23.7 Å². The highest BCUT2D eigenvalue weighted by atomic mass is 16.5. The fraction of sp³-hybridized carbons (Fsp3) is 0.714. The summed E-state index contributed by atoms with van der Waals surface area (Å²) < 4.78 is 5.83. The Hall–Kier alpha value is -1.72. The Morgan fingerprint density at radius 3 is 2.64 bits per heavy atom. The van der Waals surface area contributed by atoms with Crippen molar-refractivity contribution in [3.63, 3.8) is 0 Å². The van der Waals surface area contributed by atoms with Crippen LogP contribution in [0.1, 0.15) is 66.2 Å². The molecule has 0 unspecified atom stereocenters. The lowest BCUT2D eigenvalue weighted by atomic mass is 9.46. The number of carbonyl (C=O) groups excluding carboxylic acids is 2. The van der Waals surface area contributed by atoms with E-state index in [4.69, 9.17) is 4.74 Å². The van der Waals surface area contributed by atoms with E-state index < -0.39 is 11.5 Å². The number of allylic oxidation sites excluding steroid dienone is 3. The first-order valence-corrected chi connectivity index (χ1v) is 12.7. The first kappa shape index (κ1) is 23.0. The molecule has 0 aromatic carbocycles. The summed E-state index contributed by atoms with van der Waals surface area (Å²) in [5.74, 6) is 1.54. The van der Waals surface area contributed by atoms with E-state index in [-0.39, 0.29) is 41.7 Å². The molecule has 0 radical (unpaired) electrons. The highest BCUT2D eigenvalue weighted by molar-refractivity contribution is 5.99. The van der Waals surface area contributed by atoms with Crippen molar-refractivity contribution in [1.82, 2.24) is 0 Å². The molecule has 0 bridgehead atoms. The Morgan fingerprint density at radius 2 is 1.94 bits per heavy atom. The van der Waals surface area contributed by atoms with Gasteiger partial charge < -0.3 is 14.9 Å². The van der Waals surface area contributed by atoms with Crippen molar-refractivity contribution in [3.05, 3.63) is 34.9 Å². The molecule has 2 N–H and O–H groups in total. The number of hydrogen-bond acceptors (Lipinski definition) is 5. The molecular formula is C28H38O5. The number of rotatable bonds is 3. The third-order valence-electron chi connectivity index (χ3n) is 10.6. The van der Waals surface area contributed by atoms with Gasteiger partial charge in [0, 0.05) is 6.42 Å². The van der Waals surface area contributed by atoms with Gasteiger partial charge in [-0.15, -0.1) is 0 Å². The second kappa shape index (κ2) is 7.91. The van der Waals surface area contributed by atoms with Gasteiger partial charge in [-0.3, -0.25) is 4.79 Å². The van der Waals surface area contributed by atoms with Crippen molar-refractivity contribution >= 4 is 11.8 Å². The molecule has 0 amide bonds. The summed E-state index contributed by atoms with van der Waals surface area (Å²) in [6.45, 7) is 8.38. The van der Waals surface area contributed by atoms with Crippen LogP contribution >= 0.6 is 0 Å². The van der Waals surface area contributed by atoms with Crippen LogP contribution in [0.15, 0.2) is 34.9 Å². The Bertz CT molecular complexity index is 959. The van der Waals surface area contributed by atoms with Gasteiger partial charge in [-0.05, 0) is 92.6 Å². The monoisotopic (exact) mass is 454 g/mol. The lowest BCUT2D eigenvalue weighted by molar-refractivity contribution is -0.153. The van der Waals surface area contributed by atoms with E-state index in [1.54, 1.807) is 12.2 Å². The molecule has 0 aromatic heterocycles. The molecule has 3 fully saturated rings. The zero-order valence-corrected chi connectivity index (χ0v) is 20.3. The number of hydrogen-bond donors (Lipinski definition) is 2. The third kappa shape index (κ3) is 3.18. The van der Waals surface area contributed by atoms with Crippen LogP contribution in [-0.4, -0.2) is 40.8 Å². The lowest BCUT2D eigenvalue weighted by Crippen LogP contribution is -2.56. The standard InChI is InChI=1S/C28H38O5/c1-15-12-24(33-26(32)18(15)14-29)16(2)19-8-9-20-17-13-23(30)22-6-5-7-25(31)28(22,4)21(17)10-11-27(19,20)3/h5-7,16-17,19-21,23-24,29-30H,8-14H2,1-4H3/t16-,17+,19-,20+,21+,23+,24-,27-,28-/m1/s1. The van der Waals surface area contributed by atoms with Gasteiger partial charge in [0.2, 0.25) is 0 Å². The molecule has 5 aliphatic rings. The Kier molecular flexibility index (Phi) is 5.52. The van der Waals surface area contributed by atoms with Crippen LogP contribution in [0.25, 0.3) is 0 Å². The number of carbonyl (C=O) groups is 2. The first-order valence-electron chi connectivity index (χ1n) is 12.7. The summed E-state index contributed by atoms with van der Waals surface area (Å²) in [5, 5.41) is 20.6. The van der Waals surface area contributed by atoms with E-state index in [1.165, 1.54) is 0 Å². The zero-order chi connectivity index (χ0) is 23.7. The summed E-state index contributed by atoms with van der Waals surface area (Å²) in [4.78, 5) is 25.5. The number of ether oxygens (including phenoxy) is 1. The van der Waals surface area contributed by atoms with Gasteiger partial charge in [0.1, 0.15) is 6.10 Å². The Labute approximate surface area is 197 Å². The average Bonchev–Trinajstić information content (AvgIpc) is 3.12. The van der Waals surface area contributed by atoms with Crippen molar-refractivity contribution in [3.8, 4) is 0 Å². The number of ketones is 1. The molecule has 1 aliphatic heterocycles. The molecule has 5 heteroatoms. The van der Waals surface area contributed by atoms with Crippen molar-refractivity contribution in [2.24, 2.45) is 40.4 Å². The lowest BCUT2D eigenvalue weighted by Gasteiger charge is -2.58. The number of aliphatic hydroxyl groups is 2. The van der Waals surface area contributed by atoms with Crippen LogP contribution in [0.3, 0.4) is 0 Å². The quantitative estimate of drug-likeness (QED) is 0.626. The molecule has 33 heavy (non-hydrogen) atoms. The van der Waals surface area contributed by atoms with Crippen LogP contribution < -0.4 is 0 Å². The summed E-state index contributed by atoms with van der Waals surface area (Å²) in [6, 6.07) is 0. The van der Waals surface area contributed by atoms with E-state index >= 15 is 0 Å². The summed E-state index contributed by atoms with van der Waals surface area (Å²) >= 11 is 0. The maximum Gasteiger partial charge on any atom is 0.336 e. The van der Waals surface area contributed by atoms with Crippen molar-refractivity contribution in [2.45, 2.75) is 78.4 Å². The maximum absolute atomic E-state index is 13.1. The molecule has 5 nitrogen and oxygen atoms in total. The Balaban J connectivity index is 1.41. The number of cyclic esters (lactones) is 1. The van der Waals surface area contributed by atoms with Crippen LogP contribution in [0.4, 0.5) is 0 Å². The highest BCUT2D eigenvalue weighted by Gasteiger charge is 2.62. The minimum atomic E-state index is -0.580. The molecule has 180 valence electrons. The zero-order valence-electron chi connectivity index (χ0n) is 20.3. The van der Waals surface area contributed by atoms with Gasteiger partial charge in [-0.25, -0.2) is 4.79 Å². The Morgan fingerprint density at radius 1 is 1.18 bits per heavy atom. The van der Waals surface area contributed by atoms with Gasteiger partial charge >= 0.3 is 5.97 Å². The van der Waals surface area contributed by atoms with E-state index in [1.807, 2.05) is 13.0 Å². The molecule has 5 rings (SSSR count). The smallest absolute Gasteiger partial charge is 0.336 e. The molecule has 3 saturated carbocycles. The summed E-state index contributed by atoms with van der Waals surface area (Å²) in [6.07, 6.45) is 10.5. The second-order valence-electron chi connectivity index (χ2n) is 11.8. The van der Waals surface area contributed by atoms with Gasteiger partial charge in [-0.2, -0.15) is 0 Å². The largest absolute Gasteiger partial charge is 0.458 e. The van der Waals surface area contributed by atoms with Crippen molar-refractivity contribution in [1.29, 1.82) is 0 Å². The second-order valence-corrected chi connectivity index (χ2v) is 11.8. The molecule has 4 aliphatic carbocycles. The molecule has 0 spiro atoms. The van der Waals surface area contributed by atoms with E-state index in [0.29, 0.717) is 29.7 Å². The van der Waals surface area contributed by atoms with Crippen LogP contribution in [0.5, 0.6) is 0 Å². The van der Waals surface area contributed by atoms with Crippen LogP contribution in [-0.2, 0) is 14.3 Å². The SMILES string of the molecule is CC1=C(CO)C(=O)O[C@@H]([C@H](C)[C@H]2CC[C@H]3[C@@H]4C[C@H](O)C5=CC=CC(=O)[C@]5(C)[C@H]4CC[C@]23C)C1. The minimum Gasteiger partial charge on any atom is -0.458 e. The number of esters is 1. The predicted octanol–water partition coefficient (Wildman–Crippen LogP) is 4.14. The fourth-order valence-electron chi connectivity index (χ4n) is 8.81. The topological polar surface area (TPSA) is 83.8 Å². The molecule has 9 atom stereocenters. The normalized spacial score (nSPS) is 45.7. The van der Waals surface area contributed by atoms with Gasteiger partial charge in [0.15, 0.2) is 5.78 Å². The molecule has 0 aromatic rings.